The van der Waals surface area contributed by atoms with Gasteiger partial charge in [0, 0.05) is 12.5 Å². The number of rotatable bonds is 2. The predicted molar refractivity (Wildman–Crippen MR) is 110 cm³/mol. The molecule has 33 heavy (non-hydrogen) atoms. The molecule has 0 atom stereocenters. The fraction of sp³-hybridized carbons (Fsp3) is 0.318. The summed E-state index contributed by atoms with van der Waals surface area (Å²) in [5.74, 6) is 0.708. The Morgan fingerprint density at radius 3 is 2.06 bits per heavy atom. The molecule has 2 aromatic heterocycles. The van der Waals surface area contributed by atoms with Crippen LogP contribution >= 0.6 is 0 Å². The summed E-state index contributed by atoms with van der Waals surface area (Å²) in [5.41, 5.74) is -3.64. The lowest BCUT2D eigenvalue weighted by molar-refractivity contribution is -0.137. The molecule has 0 unspecified atom stereocenters. The second-order valence-electron chi connectivity index (χ2n) is 8.68. The number of nitrogens with one attached hydrogen (secondary N) is 1. The average molecular weight is 467 g/mol. The molecule has 0 saturated heterocycles. The number of benzene rings is 2. The van der Waals surface area contributed by atoms with Gasteiger partial charge in [0.2, 0.25) is 0 Å². The molecule has 0 spiro atoms. The third-order valence-electron chi connectivity index (χ3n) is 5.09. The summed E-state index contributed by atoms with van der Waals surface area (Å²) in [6, 6.07) is 6.39. The first-order chi connectivity index (χ1) is 15.2. The lowest BCUT2D eigenvalue weighted by Crippen LogP contribution is -2.13. The monoisotopic (exact) mass is 467 g/mol. The number of H-pyrrole nitrogens is 1. The second kappa shape index (κ2) is 7.32. The molecule has 4 rings (SSSR count). The highest BCUT2D eigenvalue weighted by Gasteiger charge is 2.37. The lowest BCUT2D eigenvalue weighted by Gasteiger charge is -2.15. The van der Waals surface area contributed by atoms with Gasteiger partial charge in [0.05, 0.1) is 22.2 Å². The van der Waals surface area contributed by atoms with Crippen LogP contribution in [-0.4, -0.2) is 24.7 Å². The van der Waals surface area contributed by atoms with E-state index in [4.69, 9.17) is 0 Å². The van der Waals surface area contributed by atoms with E-state index in [9.17, 15) is 26.3 Å². The zero-order valence-electron chi connectivity index (χ0n) is 18.0. The van der Waals surface area contributed by atoms with Gasteiger partial charge in [-0.15, -0.1) is 0 Å². The molecular weight excluding hydrogens is 448 g/mol. The van der Waals surface area contributed by atoms with Gasteiger partial charge in [0.15, 0.2) is 17.5 Å². The van der Waals surface area contributed by atoms with Crippen molar-refractivity contribution in [3.8, 4) is 22.8 Å². The summed E-state index contributed by atoms with van der Waals surface area (Å²) in [7, 11) is 1.58. The molecule has 11 heteroatoms. The van der Waals surface area contributed by atoms with Gasteiger partial charge in [0.25, 0.3) is 0 Å². The molecule has 0 fully saturated rings. The number of halogens is 6. The molecule has 5 nitrogen and oxygen atoms in total. The maximum atomic E-state index is 13.9. The summed E-state index contributed by atoms with van der Waals surface area (Å²) in [4.78, 5) is 11.3. The normalized spacial score (nSPS) is 13.2. The first-order valence-corrected chi connectivity index (χ1v) is 9.85. The molecule has 0 amide bonds. The molecule has 0 saturated carbocycles. The minimum Gasteiger partial charge on any atom is -0.335 e. The van der Waals surface area contributed by atoms with Crippen molar-refractivity contribution in [1.82, 2.24) is 24.7 Å². The summed E-state index contributed by atoms with van der Waals surface area (Å²) >= 11 is 0. The van der Waals surface area contributed by atoms with Crippen molar-refractivity contribution >= 4 is 11.0 Å². The molecule has 0 radical (unpaired) electrons. The van der Waals surface area contributed by atoms with Crippen molar-refractivity contribution in [1.29, 1.82) is 0 Å². The first kappa shape index (κ1) is 22.8. The lowest BCUT2D eigenvalue weighted by atomic mass is 9.96. The van der Waals surface area contributed by atoms with Crippen molar-refractivity contribution < 1.29 is 26.3 Å². The quantitative estimate of drug-likeness (QED) is 0.349. The molecule has 4 aromatic rings. The highest BCUT2D eigenvalue weighted by Crippen LogP contribution is 2.41. The summed E-state index contributed by atoms with van der Waals surface area (Å²) in [6.45, 7) is 5.66. The van der Waals surface area contributed by atoms with Crippen LogP contribution < -0.4 is 0 Å². The van der Waals surface area contributed by atoms with Crippen LogP contribution in [-0.2, 0) is 24.8 Å². The van der Waals surface area contributed by atoms with Crippen LogP contribution in [0.2, 0.25) is 0 Å². The number of hydrogen-bond acceptors (Lipinski definition) is 3. The van der Waals surface area contributed by atoms with Gasteiger partial charge in [-0.25, -0.2) is 14.6 Å². The van der Waals surface area contributed by atoms with E-state index in [1.165, 1.54) is 22.9 Å². The third kappa shape index (κ3) is 4.19. The number of aromatic amines is 1. The van der Waals surface area contributed by atoms with E-state index >= 15 is 0 Å². The number of alkyl halides is 6. The van der Waals surface area contributed by atoms with Gasteiger partial charge in [0.1, 0.15) is 0 Å². The van der Waals surface area contributed by atoms with E-state index in [1.807, 2.05) is 20.8 Å². The van der Waals surface area contributed by atoms with Crippen LogP contribution in [0.5, 0.6) is 0 Å². The zero-order valence-corrected chi connectivity index (χ0v) is 18.0. The van der Waals surface area contributed by atoms with Crippen LogP contribution in [0.25, 0.3) is 33.8 Å². The fourth-order valence-corrected chi connectivity index (χ4v) is 3.49. The van der Waals surface area contributed by atoms with Gasteiger partial charge in [-0.1, -0.05) is 39.0 Å². The summed E-state index contributed by atoms with van der Waals surface area (Å²) in [6.07, 6.45) is -9.57. The number of fused-ring (bicyclic) bond motifs is 1. The van der Waals surface area contributed by atoms with E-state index in [0.717, 1.165) is 12.1 Å². The third-order valence-corrected chi connectivity index (χ3v) is 5.09. The smallest absolute Gasteiger partial charge is 0.335 e. The van der Waals surface area contributed by atoms with Gasteiger partial charge in [-0.05, 0) is 29.3 Å². The predicted octanol–water partition coefficient (Wildman–Crippen LogP) is 6.36. The fourth-order valence-electron chi connectivity index (χ4n) is 3.49. The molecule has 0 aliphatic carbocycles. The largest absolute Gasteiger partial charge is 0.418 e. The van der Waals surface area contributed by atoms with Gasteiger partial charge in [-0.3, -0.25) is 0 Å². The minimum absolute atomic E-state index is 0.0299. The van der Waals surface area contributed by atoms with E-state index in [0.29, 0.717) is 11.9 Å². The van der Waals surface area contributed by atoms with Crippen LogP contribution in [0.15, 0.2) is 36.4 Å². The van der Waals surface area contributed by atoms with Crippen molar-refractivity contribution in [3.63, 3.8) is 0 Å². The van der Waals surface area contributed by atoms with Crippen molar-refractivity contribution in [2.75, 3.05) is 0 Å². The molecule has 0 bridgehead atoms. The Morgan fingerprint density at radius 1 is 0.848 bits per heavy atom. The maximum absolute atomic E-state index is 13.9. The molecule has 1 N–H and O–H groups in total. The van der Waals surface area contributed by atoms with Gasteiger partial charge < -0.3 is 4.98 Å². The van der Waals surface area contributed by atoms with Gasteiger partial charge >= 0.3 is 12.4 Å². The minimum atomic E-state index is -4.83. The van der Waals surface area contributed by atoms with E-state index in [2.05, 4.69) is 20.1 Å². The average Bonchev–Trinajstić information content (AvgIpc) is 3.28. The number of aromatic nitrogens is 5. The van der Waals surface area contributed by atoms with Crippen LogP contribution in [0.4, 0.5) is 26.3 Å². The molecule has 2 aromatic carbocycles. The topological polar surface area (TPSA) is 59.4 Å². The molecule has 174 valence electrons. The van der Waals surface area contributed by atoms with Crippen LogP contribution in [0.3, 0.4) is 0 Å². The Labute approximate surface area is 184 Å². The maximum Gasteiger partial charge on any atom is 0.418 e. The number of nitrogens with zero attached hydrogens (tertiary/aromatic N) is 4. The Hall–Kier alpha value is -3.37. The SMILES string of the molecule is Cn1nc(C(C)(C)C)nc1-c1nc2cc(-c3ccccc3C(F)(F)F)cc(C(F)(F)F)c2[nH]1. The number of imidazole rings is 1. The number of hydrogen-bond donors (Lipinski definition) is 1. The Bertz CT molecular complexity index is 1340. The van der Waals surface area contributed by atoms with Crippen molar-refractivity contribution in [2.24, 2.45) is 7.05 Å². The summed E-state index contributed by atoms with van der Waals surface area (Å²) < 4.78 is 83.5. The molecule has 0 aliphatic rings. The first-order valence-electron chi connectivity index (χ1n) is 9.85. The van der Waals surface area contributed by atoms with E-state index < -0.39 is 28.9 Å². The van der Waals surface area contributed by atoms with Gasteiger partial charge in [-0.2, -0.15) is 31.4 Å². The molecule has 2 heterocycles. The summed E-state index contributed by atoms with van der Waals surface area (Å²) in [5, 5.41) is 4.30. The molecule has 0 aliphatic heterocycles. The Morgan fingerprint density at radius 2 is 1.48 bits per heavy atom. The zero-order chi connectivity index (χ0) is 24.3. The Kier molecular flexibility index (Phi) is 5.06. The Balaban J connectivity index is 1.96. The number of aryl methyl sites for hydroxylation is 1. The van der Waals surface area contributed by atoms with E-state index in [1.54, 1.807) is 7.05 Å². The van der Waals surface area contributed by atoms with Crippen molar-refractivity contribution in [3.05, 3.63) is 53.3 Å². The van der Waals surface area contributed by atoms with E-state index in [-0.39, 0.29) is 33.8 Å². The van der Waals surface area contributed by atoms with Crippen LogP contribution in [0, 0.1) is 0 Å². The second-order valence-corrected chi connectivity index (χ2v) is 8.68. The van der Waals surface area contributed by atoms with Crippen LogP contribution in [0.1, 0.15) is 37.7 Å². The highest BCUT2D eigenvalue weighted by molar-refractivity contribution is 5.88. The van der Waals surface area contributed by atoms with Crippen molar-refractivity contribution in [2.45, 2.75) is 38.5 Å². The standard InChI is InChI=1S/C22H19F6N5/c1-20(2,3)19-31-18(33(4)32-19)17-29-15-10-11(9-14(16(15)30-17)22(26,27)28)12-7-5-6-8-13(12)21(23,24)25/h5-10H,1-4H3,(H,29,30). The highest BCUT2D eigenvalue weighted by atomic mass is 19.4. The molecular formula is C22H19F6N5.